The van der Waals surface area contributed by atoms with Gasteiger partial charge in [0.2, 0.25) is 0 Å². The van der Waals surface area contributed by atoms with Crippen LogP contribution in [0.5, 0.6) is 0 Å². The second-order valence-electron chi connectivity index (χ2n) is 5.22. The molecule has 2 aromatic rings. The first-order valence-electron chi connectivity index (χ1n) is 6.65. The Kier molecular flexibility index (Phi) is 3.54. The van der Waals surface area contributed by atoms with E-state index in [-0.39, 0.29) is 21.7 Å². The molecule has 0 amide bonds. The molecule has 8 heteroatoms. The SMILES string of the molecule is Cc1ccc(CN(C2CC2)S(=O)(=O)c2sc(=O)[nH]c2C)o1. The average molecular weight is 328 g/mol. The van der Waals surface area contributed by atoms with Crippen LogP contribution >= 0.6 is 11.3 Å². The summed E-state index contributed by atoms with van der Waals surface area (Å²) < 4.78 is 32.6. The van der Waals surface area contributed by atoms with Gasteiger partial charge in [0.1, 0.15) is 11.5 Å². The van der Waals surface area contributed by atoms with Crippen LogP contribution < -0.4 is 4.87 Å². The van der Waals surface area contributed by atoms with Gasteiger partial charge >= 0.3 is 4.87 Å². The number of H-pyrrole nitrogens is 1. The largest absolute Gasteiger partial charge is 0.465 e. The maximum atomic E-state index is 12.8. The quantitative estimate of drug-likeness (QED) is 0.910. The molecule has 0 atom stereocenters. The molecule has 1 N–H and O–H groups in total. The average Bonchev–Trinajstić information content (AvgIpc) is 3.06. The molecule has 2 aromatic heterocycles. The fraction of sp³-hybridized carbons (Fsp3) is 0.462. The third-order valence-electron chi connectivity index (χ3n) is 3.39. The number of nitrogens with one attached hydrogen (secondary N) is 1. The molecule has 0 spiro atoms. The summed E-state index contributed by atoms with van der Waals surface area (Å²) in [7, 11) is -3.68. The van der Waals surface area contributed by atoms with Crippen molar-refractivity contribution in [3.8, 4) is 0 Å². The zero-order valence-corrected chi connectivity index (χ0v) is 13.4. The first kappa shape index (κ1) is 14.6. The van der Waals surface area contributed by atoms with E-state index in [1.807, 2.05) is 13.0 Å². The summed E-state index contributed by atoms with van der Waals surface area (Å²) in [5.74, 6) is 1.36. The van der Waals surface area contributed by atoms with Crippen molar-refractivity contribution in [2.45, 2.75) is 43.5 Å². The molecule has 0 saturated heterocycles. The van der Waals surface area contributed by atoms with E-state index in [0.717, 1.165) is 29.9 Å². The van der Waals surface area contributed by atoms with Crippen LogP contribution in [0.15, 0.2) is 25.6 Å². The van der Waals surface area contributed by atoms with Crippen LogP contribution in [0.4, 0.5) is 0 Å². The van der Waals surface area contributed by atoms with Crippen LogP contribution in [-0.2, 0) is 16.6 Å². The Balaban J connectivity index is 1.96. The molecule has 6 nitrogen and oxygen atoms in total. The lowest BCUT2D eigenvalue weighted by atomic mass is 10.4. The predicted octanol–water partition coefficient (Wildman–Crippen LogP) is 2.00. The Labute approximate surface area is 126 Å². The van der Waals surface area contributed by atoms with Crippen molar-refractivity contribution in [2.24, 2.45) is 0 Å². The highest BCUT2D eigenvalue weighted by atomic mass is 32.2. The lowest BCUT2D eigenvalue weighted by molar-refractivity contribution is 0.352. The highest BCUT2D eigenvalue weighted by molar-refractivity contribution is 7.91. The maximum absolute atomic E-state index is 12.8. The Morgan fingerprint density at radius 1 is 1.38 bits per heavy atom. The molecule has 0 bridgehead atoms. The zero-order valence-electron chi connectivity index (χ0n) is 11.8. The summed E-state index contributed by atoms with van der Waals surface area (Å²) in [5.41, 5.74) is 0.395. The number of rotatable bonds is 5. The summed E-state index contributed by atoms with van der Waals surface area (Å²) >= 11 is 0.739. The molecule has 0 aliphatic heterocycles. The molecule has 1 aliphatic carbocycles. The van der Waals surface area contributed by atoms with Crippen molar-refractivity contribution >= 4 is 21.4 Å². The van der Waals surface area contributed by atoms with E-state index in [1.165, 1.54) is 4.31 Å². The second-order valence-corrected chi connectivity index (χ2v) is 8.29. The predicted molar refractivity (Wildman–Crippen MR) is 78.9 cm³/mol. The van der Waals surface area contributed by atoms with Crippen molar-refractivity contribution < 1.29 is 12.8 Å². The van der Waals surface area contributed by atoms with Crippen LogP contribution in [0, 0.1) is 13.8 Å². The van der Waals surface area contributed by atoms with Gasteiger partial charge in [0, 0.05) is 11.7 Å². The molecule has 0 aromatic carbocycles. The number of hydrogen-bond acceptors (Lipinski definition) is 5. The van der Waals surface area contributed by atoms with Crippen molar-refractivity contribution in [1.29, 1.82) is 0 Å². The Hall–Kier alpha value is -1.38. The summed E-state index contributed by atoms with van der Waals surface area (Å²) in [6, 6.07) is 3.59. The van der Waals surface area contributed by atoms with Gasteiger partial charge in [-0.3, -0.25) is 4.79 Å². The third-order valence-corrected chi connectivity index (χ3v) is 6.87. The van der Waals surface area contributed by atoms with E-state index in [0.29, 0.717) is 11.5 Å². The Morgan fingerprint density at radius 3 is 2.57 bits per heavy atom. The maximum Gasteiger partial charge on any atom is 0.305 e. The van der Waals surface area contributed by atoms with Gasteiger partial charge in [0.05, 0.1) is 6.54 Å². The van der Waals surface area contributed by atoms with Gasteiger partial charge in [0.15, 0.2) is 4.21 Å². The third kappa shape index (κ3) is 2.83. The van der Waals surface area contributed by atoms with Crippen molar-refractivity contribution in [2.75, 3.05) is 0 Å². The normalized spacial score (nSPS) is 15.8. The minimum Gasteiger partial charge on any atom is -0.465 e. The summed E-state index contributed by atoms with van der Waals surface area (Å²) in [5, 5.41) is 0. The van der Waals surface area contributed by atoms with Crippen LogP contribution in [0.2, 0.25) is 0 Å². The zero-order chi connectivity index (χ0) is 15.2. The summed E-state index contributed by atoms with van der Waals surface area (Å²) in [6.45, 7) is 3.63. The van der Waals surface area contributed by atoms with E-state index in [1.54, 1.807) is 13.0 Å². The fourth-order valence-electron chi connectivity index (χ4n) is 2.24. The van der Waals surface area contributed by atoms with Gasteiger partial charge in [-0.1, -0.05) is 11.3 Å². The topological polar surface area (TPSA) is 83.4 Å². The smallest absolute Gasteiger partial charge is 0.305 e. The second kappa shape index (κ2) is 5.11. The lowest BCUT2D eigenvalue weighted by Crippen LogP contribution is -2.32. The monoisotopic (exact) mass is 328 g/mol. The van der Waals surface area contributed by atoms with Gasteiger partial charge in [0.25, 0.3) is 10.0 Å². The van der Waals surface area contributed by atoms with Crippen molar-refractivity contribution in [3.05, 3.63) is 39.0 Å². The van der Waals surface area contributed by atoms with Gasteiger partial charge in [-0.2, -0.15) is 4.31 Å². The number of aromatic amines is 1. The van der Waals surface area contributed by atoms with Crippen LogP contribution in [0.25, 0.3) is 0 Å². The molecule has 21 heavy (non-hydrogen) atoms. The molecule has 0 radical (unpaired) electrons. The molecule has 2 heterocycles. The molecule has 1 saturated carbocycles. The molecule has 1 fully saturated rings. The van der Waals surface area contributed by atoms with Crippen molar-refractivity contribution in [1.82, 2.24) is 9.29 Å². The van der Waals surface area contributed by atoms with Gasteiger partial charge in [-0.25, -0.2) is 8.42 Å². The number of furan rings is 1. The number of hydrogen-bond donors (Lipinski definition) is 1. The van der Waals surface area contributed by atoms with Crippen LogP contribution in [-0.4, -0.2) is 23.7 Å². The summed E-state index contributed by atoms with van der Waals surface area (Å²) in [6.07, 6.45) is 1.69. The number of nitrogens with zero attached hydrogens (tertiary/aromatic N) is 1. The molecule has 114 valence electrons. The Bertz CT molecular complexity index is 811. The molecular formula is C13H16N2O4S2. The molecule has 3 rings (SSSR count). The van der Waals surface area contributed by atoms with Gasteiger partial charge in [-0.05, 0) is 38.8 Å². The van der Waals surface area contributed by atoms with E-state index >= 15 is 0 Å². The number of sulfonamides is 1. The van der Waals surface area contributed by atoms with E-state index < -0.39 is 10.0 Å². The van der Waals surface area contributed by atoms with Crippen molar-refractivity contribution in [3.63, 3.8) is 0 Å². The van der Waals surface area contributed by atoms with Crippen LogP contribution in [0.1, 0.15) is 30.1 Å². The van der Waals surface area contributed by atoms with Gasteiger partial charge < -0.3 is 9.40 Å². The highest BCUT2D eigenvalue weighted by Crippen LogP contribution is 2.35. The first-order valence-corrected chi connectivity index (χ1v) is 8.90. The molecule has 0 unspecified atom stereocenters. The minimum absolute atomic E-state index is 0.00277. The molecular weight excluding hydrogens is 312 g/mol. The van der Waals surface area contributed by atoms with Gasteiger partial charge in [-0.15, -0.1) is 0 Å². The fourth-order valence-corrected chi connectivity index (χ4v) is 5.30. The highest BCUT2D eigenvalue weighted by Gasteiger charge is 2.40. The van der Waals surface area contributed by atoms with E-state index in [9.17, 15) is 13.2 Å². The number of aromatic nitrogens is 1. The lowest BCUT2D eigenvalue weighted by Gasteiger charge is -2.20. The number of thiazole rings is 1. The van der Waals surface area contributed by atoms with E-state index in [2.05, 4.69) is 4.98 Å². The Morgan fingerprint density at radius 2 is 2.10 bits per heavy atom. The van der Waals surface area contributed by atoms with E-state index in [4.69, 9.17) is 4.42 Å². The van der Waals surface area contributed by atoms with Crippen LogP contribution in [0.3, 0.4) is 0 Å². The standard InChI is InChI=1S/C13H16N2O4S2/c1-8-3-6-11(19-8)7-15(10-4-5-10)21(17,18)12-9(2)14-13(16)20-12/h3,6,10H,4-5,7H2,1-2H3,(H,14,16). The molecule has 1 aliphatic rings. The summed E-state index contributed by atoms with van der Waals surface area (Å²) in [4.78, 5) is 13.6. The number of aryl methyl sites for hydroxylation is 2. The first-order chi connectivity index (χ1) is 9.88. The minimum atomic E-state index is -3.68.